The standard InChI is InChI=1S/C21H21ClN2O4/c1-13(21(26)24-18-11-15(22)8-9-19(18)27-2)28-20(25)10-7-14-12-23-17-6-4-3-5-16(14)17/h3-6,8-9,11-13,23H,7,10H2,1-2H3,(H,24,26)/t13-/m1/s1. The van der Waals surface area contributed by atoms with Crippen LogP contribution in [0.5, 0.6) is 5.75 Å². The Morgan fingerprint density at radius 3 is 2.79 bits per heavy atom. The molecular formula is C21H21ClN2O4. The van der Waals surface area contributed by atoms with Gasteiger partial charge in [0.2, 0.25) is 0 Å². The van der Waals surface area contributed by atoms with Crippen molar-refractivity contribution >= 4 is 40.1 Å². The minimum absolute atomic E-state index is 0.181. The summed E-state index contributed by atoms with van der Waals surface area (Å²) in [5, 5.41) is 4.21. The van der Waals surface area contributed by atoms with Crippen LogP contribution in [-0.2, 0) is 20.7 Å². The van der Waals surface area contributed by atoms with Crippen LogP contribution in [0.2, 0.25) is 5.02 Å². The van der Waals surface area contributed by atoms with Gasteiger partial charge in [-0.1, -0.05) is 29.8 Å². The maximum absolute atomic E-state index is 12.3. The number of hydrogen-bond acceptors (Lipinski definition) is 4. The highest BCUT2D eigenvalue weighted by Crippen LogP contribution is 2.28. The van der Waals surface area contributed by atoms with Crippen LogP contribution in [0.25, 0.3) is 10.9 Å². The van der Waals surface area contributed by atoms with Gasteiger partial charge in [-0.05, 0) is 43.2 Å². The molecule has 0 fully saturated rings. The normalized spacial score (nSPS) is 11.8. The first-order valence-electron chi connectivity index (χ1n) is 8.87. The molecule has 3 aromatic rings. The summed E-state index contributed by atoms with van der Waals surface area (Å²) in [5.41, 5.74) is 2.48. The van der Waals surface area contributed by atoms with Crippen LogP contribution in [0.1, 0.15) is 18.9 Å². The maximum Gasteiger partial charge on any atom is 0.306 e. The number of aromatic amines is 1. The molecule has 0 spiro atoms. The topological polar surface area (TPSA) is 80.4 Å². The van der Waals surface area contributed by atoms with Gasteiger partial charge in [0.25, 0.3) is 5.91 Å². The van der Waals surface area contributed by atoms with E-state index in [4.69, 9.17) is 21.1 Å². The lowest BCUT2D eigenvalue weighted by Crippen LogP contribution is -2.30. The quantitative estimate of drug-likeness (QED) is 0.578. The van der Waals surface area contributed by atoms with Gasteiger partial charge in [0.05, 0.1) is 12.8 Å². The summed E-state index contributed by atoms with van der Waals surface area (Å²) in [5.74, 6) is -0.428. The third-order valence-corrected chi connectivity index (χ3v) is 4.61. The van der Waals surface area contributed by atoms with Gasteiger partial charge in [0.1, 0.15) is 5.75 Å². The number of ether oxygens (including phenoxy) is 2. The first-order valence-corrected chi connectivity index (χ1v) is 9.24. The summed E-state index contributed by atoms with van der Waals surface area (Å²) in [7, 11) is 1.49. The average molecular weight is 401 g/mol. The third kappa shape index (κ3) is 4.64. The van der Waals surface area contributed by atoms with Crippen molar-refractivity contribution in [2.45, 2.75) is 25.9 Å². The molecule has 0 unspecified atom stereocenters. The molecule has 0 bridgehead atoms. The Morgan fingerprint density at radius 1 is 1.21 bits per heavy atom. The summed E-state index contributed by atoms with van der Waals surface area (Å²) in [6.45, 7) is 1.52. The van der Waals surface area contributed by atoms with Crippen LogP contribution in [0.15, 0.2) is 48.7 Å². The van der Waals surface area contributed by atoms with Crippen molar-refractivity contribution in [3.8, 4) is 5.75 Å². The number of methoxy groups -OCH3 is 1. The lowest BCUT2D eigenvalue weighted by molar-refractivity contribution is -0.153. The number of fused-ring (bicyclic) bond motifs is 1. The highest BCUT2D eigenvalue weighted by molar-refractivity contribution is 6.31. The fraction of sp³-hybridized carbons (Fsp3) is 0.238. The molecule has 146 valence electrons. The van der Waals surface area contributed by atoms with Crippen molar-refractivity contribution < 1.29 is 19.1 Å². The van der Waals surface area contributed by atoms with Crippen molar-refractivity contribution in [2.24, 2.45) is 0 Å². The van der Waals surface area contributed by atoms with Gasteiger partial charge in [-0.25, -0.2) is 0 Å². The summed E-state index contributed by atoms with van der Waals surface area (Å²) < 4.78 is 10.5. The third-order valence-electron chi connectivity index (χ3n) is 4.37. The molecule has 0 radical (unpaired) electrons. The number of rotatable bonds is 7. The monoisotopic (exact) mass is 400 g/mol. The molecule has 0 saturated heterocycles. The molecule has 7 heteroatoms. The number of H-pyrrole nitrogens is 1. The van der Waals surface area contributed by atoms with Crippen LogP contribution < -0.4 is 10.1 Å². The molecule has 1 atom stereocenters. The molecule has 0 aliphatic carbocycles. The molecule has 1 amide bonds. The Labute approximate surface area is 167 Å². The number of esters is 1. The van der Waals surface area contributed by atoms with Gasteiger partial charge in [-0.2, -0.15) is 0 Å². The molecule has 1 aromatic heterocycles. The summed E-state index contributed by atoms with van der Waals surface area (Å²) >= 11 is 5.96. The minimum Gasteiger partial charge on any atom is -0.495 e. The van der Waals surface area contributed by atoms with Gasteiger partial charge >= 0.3 is 5.97 Å². The van der Waals surface area contributed by atoms with Crippen LogP contribution in [0, 0.1) is 0 Å². The SMILES string of the molecule is COc1ccc(Cl)cc1NC(=O)[C@@H](C)OC(=O)CCc1c[nH]c2ccccc12. The van der Waals surface area contributed by atoms with Gasteiger partial charge in [-0.3, -0.25) is 9.59 Å². The van der Waals surface area contributed by atoms with E-state index in [2.05, 4.69) is 10.3 Å². The van der Waals surface area contributed by atoms with E-state index in [9.17, 15) is 9.59 Å². The molecule has 1 heterocycles. The number of carbonyl (C=O) groups is 2. The Morgan fingerprint density at radius 2 is 2.00 bits per heavy atom. The number of halogens is 1. The van der Waals surface area contributed by atoms with E-state index >= 15 is 0 Å². The van der Waals surface area contributed by atoms with Crippen LogP contribution in [-0.4, -0.2) is 30.1 Å². The lowest BCUT2D eigenvalue weighted by atomic mass is 10.1. The van der Waals surface area contributed by atoms with E-state index in [-0.39, 0.29) is 6.42 Å². The van der Waals surface area contributed by atoms with Crippen molar-refractivity contribution in [1.29, 1.82) is 0 Å². The Bertz CT molecular complexity index is 999. The molecular weight excluding hydrogens is 380 g/mol. The van der Waals surface area contributed by atoms with Crippen LogP contribution in [0.4, 0.5) is 5.69 Å². The highest BCUT2D eigenvalue weighted by Gasteiger charge is 2.19. The molecule has 0 aliphatic heterocycles. The van der Waals surface area contributed by atoms with E-state index in [1.807, 2.05) is 30.5 Å². The second-order valence-corrected chi connectivity index (χ2v) is 6.76. The fourth-order valence-corrected chi connectivity index (χ4v) is 3.07. The van der Waals surface area contributed by atoms with Crippen LogP contribution >= 0.6 is 11.6 Å². The first kappa shape index (κ1) is 19.8. The van der Waals surface area contributed by atoms with E-state index in [0.717, 1.165) is 16.5 Å². The number of carbonyl (C=O) groups excluding carboxylic acids is 2. The van der Waals surface area contributed by atoms with Gasteiger partial charge in [0, 0.05) is 28.5 Å². The number of hydrogen-bond donors (Lipinski definition) is 2. The number of amides is 1. The molecule has 28 heavy (non-hydrogen) atoms. The number of aromatic nitrogens is 1. The van der Waals surface area contributed by atoms with Crippen molar-refractivity contribution in [2.75, 3.05) is 12.4 Å². The Kier molecular flexibility index (Phi) is 6.21. The predicted octanol–water partition coefficient (Wildman–Crippen LogP) is 4.33. The largest absolute Gasteiger partial charge is 0.495 e. The predicted molar refractivity (Wildman–Crippen MR) is 109 cm³/mol. The van der Waals surface area contributed by atoms with E-state index < -0.39 is 18.0 Å². The molecule has 2 N–H and O–H groups in total. The number of para-hydroxylation sites is 1. The zero-order chi connectivity index (χ0) is 20.1. The average Bonchev–Trinajstić information content (AvgIpc) is 3.09. The molecule has 2 aromatic carbocycles. The summed E-state index contributed by atoms with van der Waals surface area (Å²) in [4.78, 5) is 27.7. The van der Waals surface area contributed by atoms with Crippen molar-refractivity contribution in [3.05, 3.63) is 59.2 Å². The zero-order valence-electron chi connectivity index (χ0n) is 15.6. The second kappa shape index (κ2) is 8.80. The summed E-state index contributed by atoms with van der Waals surface area (Å²) in [6, 6.07) is 12.8. The highest BCUT2D eigenvalue weighted by atomic mass is 35.5. The number of nitrogens with one attached hydrogen (secondary N) is 2. The molecule has 3 rings (SSSR count). The van der Waals surface area contributed by atoms with Gasteiger partial charge in [-0.15, -0.1) is 0 Å². The van der Waals surface area contributed by atoms with Crippen molar-refractivity contribution in [3.63, 3.8) is 0 Å². The van der Waals surface area contributed by atoms with E-state index in [1.54, 1.807) is 18.2 Å². The van der Waals surface area contributed by atoms with Crippen LogP contribution in [0.3, 0.4) is 0 Å². The van der Waals surface area contributed by atoms with E-state index in [1.165, 1.54) is 14.0 Å². The number of benzene rings is 2. The smallest absolute Gasteiger partial charge is 0.306 e. The number of anilines is 1. The lowest BCUT2D eigenvalue weighted by Gasteiger charge is -2.15. The van der Waals surface area contributed by atoms with Gasteiger partial charge < -0.3 is 19.8 Å². The fourth-order valence-electron chi connectivity index (χ4n) is 2.90. The zero-order valence-corrected chi connectivity index (χ0v) is 16.4. The molecule has 0 aliphatic rings. The Hall–Kier alpha value is -2.99. The number of aryl methyl sites for hydroxylation is 1. The molecule has 0 saturated carbocycles. The second-order valence-electron chi connectivity index (χ2n) is 6.33. The van der Waals surface area contributed by atoms with E-state index in [0.29, 0.717) is 22.9 Å². The summed E-state index contributed by atoms with van der Waals surface area (Å²) in [6.07, 6.45) is 1.65. The maximum atomic E-state index is 12.3. The minimum atomic E-state index is -0.945. The molecule has 6 nitrogen and oxygen atoms in total. The van der Waals surface area contributed by atoms with Gasteiger partial charge in [0.15, 0.2) is 6.10 Å². The first-order chi connectivity index (χ1) is 13.5. The van der Waals surface area contributed by atoms with Crippen molar-refractivity contribution in [1.82, 2.24) is 4.98 Å². The Balaban J connectivity index is 1.55.